The quantitative estimate of drug-likeness (QED) is 0.597. The van der Waals surface area contributed by atoms with Gasteiger partial charge in [-0.2, -0.15) is 0 Å². The summed E-state index contributed by atoms with van der Waals surface area (Å²) in [4.78, 5) is 0. The average Bonchev–Trinajstić information content (AvgIpc) is 2.75. The summed E-state index contributed by atoms with van der Waals surface area (Å²) >= 11 is 6.43. The molecule has 3 aromatic rings. The van der Waals surface area contributed by atoms with Crippen molar-refractivity contribution in [3.05, 3.63) is 65.7 Å². The number of hydrogen-bond donors (Lipinski definition) is 1. The Balaban J connectivity index is 2.17. The van der Waals surface area contributed by atoms with E-state index in [2.05, 4.69) is 74.1 Å². The van der Waals surface area contributed by atoms with Gasteiger partial charge in [-0.3, -0.25) is 0 Å². The summed E-state index contributed by atoms with van der Waals surface area (Å²) in [5.41, 5.74) is 2.70. The molecule has 0 aliphatic carbocycles. The molecule has 0 nitrogen and oxygen atoms in total. The average molecular weight is 270 g/mol. The molecule has 1 aromatic heterocycles. The van der Waals surface area contributed by atoms with Crippen LogP contribution >= 0.6 is 24.0 Å². The van der Waals surface area contributed by atoms with Gasteiger partial charge in [0.05, 0.1) is 4.21 Å². The predicted molar refractivity (Wildman–Crippen MR) is 83.0 cm³/mol. The topological polar surface area (TPSA) is 0 Å². The molecule has 0 N–H and O–H groups in total. The third-order valence-electron chi connectivity index (χ3n) is 3.35. The molecule has 0 aliphatic rings. The van der Waals surface area contributed by atoms with Crippen molar-refractivity contribution < 1.29 is 0 Å². The van der Waals surface area contributed by atoms with Crippen LogP contribution in [0.3, 0.4) is 0 Å². The largest absolute Gasteiger partial charge is 0.132 e. The van der Waals surface area contributed by atoms with E-state index in [0.29, 0.717) is 5.92 Å². The molecule has 90 valence electrons. The highest BCUT2D eigenvalue weighted by Gasteiger charge is 2.16. The van der Waals surface area contributed by atoms with E-state index in [9.17, 15) is 0 Å². The third kappa shape index (κ3) is 1.96. The van der Waals surface area contributed by atoms with E-state index in [1.165, 1.54) is 21.2 Å². The zero-order valence-electron chi connectivity index (χ0n) is 10.1. The molecule has 1 heterocycles. The fraction of sp³-hybridized carbons (Fsp3) is 0.125. The number of thiol groups is 1. The first-order valence-electron chi connectivity index (χ1n) is 6.02. The molecule has 0 fully saturated rings. The standard InChI is InChI=1S/C16H14S2/c1-11(12-7-3-2-4-8-12)15-13-9-5-6-10-14(13)18-16(15)17/h2-11,17H,1H3. The molecule has 1 unspecified atom stereocenters. The Labute approximate surface area is 117 Å². The summed E-state index contributed by atoms with van der Waals surface area (Å²) in [6.07, 6.45) is 0. The second-order valence-corrected chi connectivity index (χ2v) is 6.25. The van der Waals surface area contributed by atoms with Crippen molar-refractivity contribution in [2.24, 2.45) is 0 Å². The first kappa shape index (κ1) is 11.8. The second kappa shape index (κ2) is 4.79. The van der Waals surface area contributed by atoms with Gasteiger partial charge in [0, 0.05) is 10.6 Å². The van der Waals surface area contributed by atoms with E-state index < -0.39 is 0 Å². The molecule has 2 heteroatoms. The van der Waals surface area contributed by atoms with Crippen molar-refractivity contribution in [1.29, 1.82) is 0 Å². The highest BCUT2D eigenvalue weighted by molar-refractivity contribution is 7.83. The highest BCUT2D eigenvalue weighted by atomic mass is 32.2. The van der Waals surface area contributed by atoms with E-state index in [4.69, 9.17) is 0 Å². The minimum atomic E-state index is 0.384. The smallest absolute Gasteiger partial charge is 0.0618 e. The summed E-state index contributed by atoms with van der Waals surface area (Å²) in [7, 11) is 0. The van der Waals surface area contributed by atoms with Crippen molar-refractivity contribution in [3.8, 4) is 0 Å². The minimum absolute atomic E-state index is 0.384. The van der Waals surface area contributed by atoms with Crippen molar-refractivity contribution in [2.45, 2.75) is 17.1 Å². The first-order chi connectivity index (χ1) is 8.77. The number of hydrogen-bond acceptors (Lipinski definition) is 2. The maximum Gasteiger partial charge on any atom is 0.0618 e. The van der Waals surface area contributed by atoms with Crippen molar-refractivity contribution in [3.63, 3.8) is 0 Å². The maximum absolute atomic E-state index is 4.66. The second-order valence-electron chi connectivity index (χ2n) is 4.45. The van der Waals surface area contributed by atoms with Crippen LogP contribution in [-0.2, 0) is 0 Å². The fourth-order valence-corrected chi connectivity index (χ4v) is 4.03. The van der Waals surface area contributed by atoms with Crippen molar-refractivity contribution >= 4 is 34.1 Å². The van der Waals surface area contributed by atoms with Gasteiger partial charge in [0.15, 0.2) is 0 Å². The molecule has 0 saturated heterocycles. The van der Waals surface area contributed by atoms with Crippen LogP contribution in [-0.4, -0.2) is 0 Å². The van der Waals surface area contributed by atoms with Gasteiger partial charge in [-0.1, -0.05) is 55.5 Å². The number of rotatable bonds is 2. The van der Waals surface area contributed by atoms with Crippen LogP contribution in [0.2, 0.25) is 0 Å². The Bertz CT molecular complexity index is 668. The zero-order valence-corrected chi connectivity index (χ0v) is 11.8. The van der Waals surface area contributed by atoms with Gasteiger partial charge in [0.1, 0.15) is 0 Å². The first-order valence-corrected chi connectivity index (χ1v) is 7.29. The molecular weight excluding hydrogens is 256 g/mol. The minimum Gasteiger partial charge on any atom is -0.132 e. The summed E-state index contributed by atoms with van der Waals surface area (Å²) < 4.78 is 2.45. The van der Waals surface area contributed by atoms with Crippen molar-refractivity contribution in [1.82, 2.24) is 0 Å². The Morgan fingerprint density at radius 3 is 2.39 bits per heavy atom. The predicted octanol–water partition coefficient (Wildman–Crippen LogP) is 5.34. The molecule has 3 rings (SSSR count). The summed E-state index contributed by atoms with van der Waals surface area (Å²) in [6, 6.07) is 19.2. The van der Waals surface area contributed by atoms with E-state index in [-0.39, 0.29) is 0 Å². The molecule has 0 radical (unpaired) electrons. The lowest BCUT2D eigenvalue weighted by Gasteiger charge is -2.12. The van der Waals surface area contributed by atoms with E-state index in [1.54, 1.807) is 11.3 Å². The van der Waals surface area contributed by atoms with Gasteiger partial charge in [-0.05, 0) is 22.6 Å². The van der Waals surface area contributed by atoms with Crippen LogP contribution in [0.5, 0.6) is 0 Å². The van der Waals surface area contributed by atoms with Gasteiger partial charge in [0.2, 0.25) is 0 Å². The number of benzene rings is 2. The Morgan fingerprint density at radius 1 is 0.944 bits per heavy atom. The monoisotopic (exact) mass is 270 g/mol. The Hall–Kier alpha value is -1.25. The molecule has 0 aliphatic heterocycles. The molecule has 0 saturated carbocycles. The van der Waals surface area contributed by atoms with E-state index >= 15 is 0 Å². The number of thiophene rings is 1. The van der Waals surface area contributed by atoms with Crippen LogP contribution in [0.1, 0.15) is 24.0 Å². The van der Waals surface area contributed by atoms with Gasteiger partial charge < -0.3 is 0 Å². The third-order valence-corrected chi connectivity index (χ3v) is 4.85. The summed E-state index contributed by atoms with van der Waals surface area (Å²) in [6.45, 7) is 2.25. The van der Waals surface area contributed by atoms with Crippen LogP contribution in [0.15, 0.2) is 58.8 Å². The molecule has 2 aromatic carbocycles. The van der Waals surface area contributed by atoms with Crippen LogP contribution < -0.4 is 0 Å². The maximum atomic E-state index is 4.66. The fourth-order valence-electron chi connectivity index (χ4n) is 2.38. The Kier molecular flexibility index (Phi) is 3.14. The molecule has 0 bridgehead atoms. The van der Waals surface area contributed by atoms with Gasteiger partial charge in [-0.25, -0.2) is 0 Å². The SMILES string of the molecule is CC(c1ccccc1)c1c(S)sc2ccccc12. The van der Waals surface area contributed by atoms with Gasteiger partial charge in [-0.15, -0.1) is 24.0 Å². The lowest BCUT2D eigenvalue weighted by Crippen LogP contribution is -1.95. The summed E-state index contributed by atoms with van der Waals surface area (Å²) in [5.74, 6) is 0.384. The van der Waals surface area contributed by atoms with Crippen LogP contribution in [0, 0.1) is 0 Å². The zero-order chi connectivity index (χ0) is 12.5. The van der Waals surface area contributed by atoms with E-state index in [1.807, 2.05) is 0 Å². The van der Waals surface area contributed by atoms with Crippen molar-refractivity contribution in [2.75, 3.05) is 0 Å². The van der Waals surface area contributed by atoms with Crippen LogP contribution in [0.4, 0.5) is 0 Å². The van der Waals surface area contributed by atoms with E-state index in [0.717, 1.165) is 4.21 Å². The molecular formula is C16H14S2. The molecule has 1 atom stereocenters. The van der Waals surface area contributed by atoms with Gasteiger partial charge >= 0.3 is 0 Å². The molecule has 18 heavy (non-hydrogen) atoms. The summed E-state index contributed by atoms with van der Waals surface area (Å²) in [5, 5.41) is 1.34. The molecule has 0 spiro atoms. The lowest BCUT2D eigenvalue weighted by atomic mass is 9.93. The lowest BCUT2D eigenvalue weighted by molar-refractivity contribution is 0.919. The number of fused-ring (bicyclic) bond motifs is 1. The normalized spacial score (nSPS) is 12.8. The highest BCUT2D eigenvalue weighted by Crippen LogP contribution is 2.40. The van der Waals surface area contributed by atoms with Gasteiger partial charge in [0.25, 0.3) is 0 Å². The molecule has 0 amide bonds. The van der Waals surface area contributed by atoms with Crippen LogP contribution in [0.25, 0.3) is 10.1 Å². The Morgan fingerprint density at radius 2 is 1.61 bits per heavy atom.